The van der Waals surface area contributed by atoms with Gasteiger partial charge in [-0.3, -0.25) is 14.6 Å². The van der Waals surface area contributed by atoms with Crippen LogP contribution in [-0.2, 0) is 6.54 Å². The number of benzene rings is 1. The highest BCUT2D eigenvalue weighted by molar-refractivity contribution is 5.93. The Hall–Kier alpha value is -4.01. The number of fused-ring (bicyclic) bond motifs is 3. The number of allylic oxidation sites excluding steroid dienone is 1. The lowest BCUT2D eigenvalue weighted by Crippen LogP contribution is -2.46. The number of carbonyl (C=O) groups excluding carboxylic acids is 1. The molecule has 6 rings (SSSR count). The molecule has 1 aliphatic carbocycles. The molecule has 4 heterocycles. The van der Waals surface area contributed by atoms with E-state index >= 15 is 0 Å². The molecule has 1 saturated carbocycles. The standard InChI is InChI=1S/C31H35N5O4/c37-29(33-19-21-13-12-20(18-32-21)31(39)40)28-30(38)36(27-11-7-6-10-26(27)34-28)25-16-23-14-15-24(17-25)35(23)22-8-4-2-1-3-5-9-22/h6-7,10-14,18,22,24-25H,1-5,8-9,15-17,19H2,(H,33,37)(H,39,40)/t24?,25-/m0/s1. The monoisotopic (exact) mass is 541 g/mol. The van der Waals surface area contributed by atoms with Crippen LogP contribution in [0, 0.1) is 0 Å². The van der Waals surface area contributed by atoms with Crippen molar-refractivity contribution in [3.63, 3.8) is 0 Å². The fourth-order valence-electron chi connectivity index (χ4n) is 6.78. The van der Waals surface area contributed by atoms with Gasteiger partial charge in [0.25, 0.3) is 11.5 Å². The van der Waals surface area contributed by atoms with Gasteiger partial charge < -0.3 is 19.9 Å². The Labute approximate surface area is 232 Å². The number of aromatic carboxylic acids is 1. The molecule has 1 saturated heterocycles. The quantitative estimate of drug-likeness (QED) is 0.459. The Morgan fingerprint density at radius 1 is 0.975 bits per heavy atom. The number of carboxylic acid groups (broad SMARTS) is 1. The zero-order valence-corrected chi connectivity index (χ0v) is 22.6. The Bertz CT molecular complexity index is 1500. The number of hydrogen-bond donors (Lipinski definition) is 2. The molecule has 2 bridgehead atoms. The molecule has 3 aliphatic rings. The van der Waals surface area contributed by atoms with Crippen LogP contribution in [0.25, 0.3) is 11.0 Å². The third-order valence-corrected chi connectivity index (χ3v) is 8.68. The molecule has 3 aromatic rings. The minimum atomic E-state index is -1.07. The molecule has 9 heteroatoms. The Morgan fingerprint density at radius 3 is 2.48 bits per heavy atom. The smallest absolute Gasteiger partial charge is 0.337 e. The molecule has 2 aliphatic heterocycles. The van der Waals surface area contributed by atoms with Crippen molar-refractivity contribution in [3.05, 3.63) is 81.7 Å². The maximum absolute atomic E-state index is 13.9. The summed E-state index contributed by atoms with van der Waals surface area (Å²) in [5, 5.41) is 11.8. The Morgan fingerprint density at radius 2 is 1.75 bits per heavy atom. The zero-order valence-electron chi connectivity index (χ0n) is 22.6. The normalized spacial score (nSPS) is 21.5. The van der Waals surface area contributed by atoms with E-state index in [4.69, 9.17) is 5.11 Å². The van der Waals surface area contributed by atoms with Gasteiger partial charge in [-0.2, -0.15) is 0 Å². The van der Waals surface area contributed by atoms with Gasteiger partial charge in [0.2, 0.25) is 0 Å². The van der Waals surface area contributed by atoms with E-state index in [0.717, 1.165) is 24.8 Å². The van der Waals surface area contributed by atoms with Crippen LogP contribution in [0.15, 0.2) is 59.2 Å². The summed E-state index contributed by atoms with van der Waals surface area (Å²) in [4.78, 5) is 49.4. The summed E-state index contributed by atoms with van der Waals surface area (Å²) in [6, 6.07) is 11.4. The summed E-state index contributed by atoms with van der Waals surface area (Å²) in [5.41, 5.74) is 2.75. The molecule has 2 N–H and O–H groups in total. The number of piperidine rings is 1. The summed E-state index contributed by atoms with van der Waals surface area (Å²) >= 11 is 0. The van der Waals surface area contributed by atoms with Crippen LogP contribution in [-0.4, -0.2) is 48.5 Å². The minimum absolute atomic E-state index is 0.0410. The van der Waals surface area contributed by atoms with Gasteiger partial charge in [-0.05, 0) is 49.9 Å². The fourth-order valence-corrected chi connectivity index (χ4v) is 6.78. The van der Waals surface area contributed by atoms with Crippen LogP contribution >= 0.6 is 0 Å². The number of hydrogen-bond acceptors (Lipinski definition) is 6. The van der Waals surface area contributed by atoms with Crippen molar-refractivity contribution in [2.75, 3.05) is 0 Å². The lowest BCUT2D eigenvalue weighted by atomic mass is 9.90. The van der Waals surface area contributed by atoms with Gasteiger partial charge in [0, 0.05) is 36.4 Å². The Kier molecular flexibility index (Phi) is 7.36. The zero-order chi connectivity index (χ0) is 27.6. The van der Waals surface area contributed by atoms with E-state index < -0.39 is 11.9 Å². The van der Waals surface area contributed by atoms with Crippen LogP contribution in [0.4, 0.5) is 0 Å². The second-order valence-corrected chi connectivity index (χ2v) is 11.2. The number of pyridine rings is 1. The number of para-hydroxylation sites is 2. The minimum Gasteiger partial charge on any atom is -0.478 e. The molecule has 2 aromatic heterocycles. The largest absolute Gasteiger partial charge is 0.478 e. The highest BCUT2D eigenvalue weighted by Crippen LogP contribution is 2.43. The van der Waals surface area contributed by atoms with E-state index in [0.29, 0.717) is 23.3 Å². The second kappa shape index (κ2) is 11.2. The fraction of sp³-hybridized carbons (Fsp3) is 0.452. The maximum atomic E-state index is 13.9. The molecule has 1 unspecified atom stereocenters. The van der Waals surface area contributed by atoms with Gasteiger partial charge in [0.05, 0.1) is 28.8 Å². The number of carboxylic acids is 1. The Balaban J connectivity index is 1.25. The number of carbonyl (C=O) groups is 2. The van der Waals surface area contributed by atoms with Crippen LogP contribution in [0.2, 0.25) is 0 Å². The molecular formula is C31H35N5O4. The predicted octanol–water partition coefficient (Wildman–Crippen LogP) is 4.83. The molecule has 40 heavy (non-hydrogen) atoms. The van der Waals surface area contributed by atoms with Crippen LogP contribution in [0.1, 0.15) is 96.8 Å². The summed E-state index contributed by atoms with van der Waals surface area (Å²) in [6.45, 7) is 0.0570. The summed E-state index contributed by atoms with van der Waals surface area (Å²) in [6.07, 6.45) is 15.3. The summed E-state index contributed by atoms with van der Waals surface area (Å²) in [7, 11) is 0. The number of aromatic nitrogens is 3. The third-order valence-electron chi connectivity index (χ3n) is 8.68. The molecule has 0 radical (unpaired) electrons. The predicted molar refractivity (Wildman–Crippen MR) is 151 cm³/mol. The molecule has 1 amide bonds. The van der Waals surface area contributed by atoms with Gasteiger partial charge in [0.1, 0.15) is 0 Å². The van der Waals surface area contributed by atoms with Crippen molar-refractivity contribution in [3.8, 4) is 0 Å². The van der Waals surface area contributed by atoms with E-state index in [9.17, 15) is 14.4 Å². The van der Waals surface area contributed by atoms with Gasteiger partial charge in [-0.1, -0.05) is 50.3 Å². The van der Waals surface area contributed by atoms with E-state index in [1.54, 1.807) is 10.6 Å². The molecule has 2 fully saturated rings. The average Bonchev–Trinajstić information content (AvgIpc) is 3.20. The molecule has 208 valence electrons. The number of rotatable bonds is 6. The van der Waals surface area contributed by atoms with Gasteiger partial charge in [-0.15, -0.1) is 0 Å². The first-order valence-electron chi connectivity index (χ1n) is 14.4. The lowest BCUT2D eigenvalue weighted by Gasteiger charge is -2.44. The number of nitrogens with zero attached hydrogens (tertiary/aromatic N) is 4. The molecular weight excluding hydrogens is 506 g/mol. The van der Waals surface area contributed by atoms with Crippen molar-refractivity contribution in [1.82, 2.24) is 24.8 Å². The van der Waals surface area contributed by atoms with E-state index in [2.05, 4.69) is 26.3 Å². The SMILES string of the molecule is O=C(O)c1ccc(CNC(=O)c2nc3ccccc3n([C@H]3CC4=CCC(C3)N4C3CCCCCCC3)c2=O)nc1. The van der Waals surface area contributed by atoms with Crippen LogP contribution < -0.4 is 10.9 Å². The number of nitrogens with one attached hydrogen (secondary N) is 1. The summed E-state index contributed by atoms with van der Waals surface area (Å²) in [5.74, 6) is -1.63. The maximum Gasteiger partial charge on any atom is 0.337 e. The van der Waals surface area contributed by atoms with E-state index in [1.807, 2.05) is 24.3 Å². The highest BCUT2D eigenvalue weighted by Gasteiger charge is 2.40. The first-order chi connectivity index (χ1) is 19.5. The van der Waals surface area contributed by atoms with E-state index in [1.165, 1.54) is 62.9 Å². The van der Waals surface area contributed by atoms with Gasteiger partial charge in [-0.25, -0.2) is 9.78 Å². The highest BCUT2D eigenvalue weighted by atomic mass is 16.4. The molecule has 2 atom stereocenters. The van der Waals surface area contributed by atoms with Crippen molar-refractivity contribution in [2.45, 2.75) is 88.9 Å². The van der Waals surface area contributed by atoms with Gasteiger partial charge >= 0.3 is 5.97 Å². The van der Waals surface area contributed by atoms with Crippen molar-refractivity contribution < 1.29 is 14.7 Å². The molecule has 1 aromatic carbocycles. The average molecular weight is 542 g/mol. The third kappa shape index (κ3) is 5.12. The summed E-state index contributed by atoms with van der Waals surface area (Å²) < 4.78 is 1.80. The van der Waals surface area contributed by atoms with Crippen LogP contribution in [0.5, 0.6) is 0 Å². The molecule has 0 spiro atoms. The van der Waals surface area contributed by atoms with Gasteiger partial charge in [0.15, 0.2) is 5.69 Å². The molecule has 9 nitrogen and oxygen atoms in total. The lowest BCUT2D eigenvalue weighted by molar-refractivity contribution is 0.0696. The number of amides is 1. The van der Waals surface area contributed by atoms with Crippen molar-refractivity contribution in [2.24, 2.45) is 0 Å². The first kappa shape index (κ1) is 26.2. The topological polar surface area (TPSA) is 117 Å². The van der Waals surface area contributed by atoms with E-state index in [-0.39, 0.29) is 29.4 Å². The van der Waals surface area contributed by atoms with Crippen molar-refractivity contribution in [1.29, 1.82) is 0 Å². The van der Waals surface area contributed by atoms with Crippen LogP contribution in [0.3, 0.4) is 0 Å². The van der Waals surface area contributed by atoms with Crippen molar-refractivity contribution >= 4 is 22.9 Å². The first-order valence-corrected chi connectivity index (χ1v) is 14.4. The second-order valence-electron chi connectivity index (χ2n) is 11.2.